The van der Waals surface area contributed by atoms with Gasteiger partial charge in [0, 0.05) is 10.5 Å². The van der Waals surface area contributed by atoms with E-state index in [0.29, 0.717) is 20.9 Å². The molecule has 0 aliphatic carbocycles. The van der Waals surface area contributed by atoms with Gasteiger partial charge < -0.3 is 4.74 Å². The molecule has 1 aromatic rings. The Bertz CT molecular complexity index is 375. The summed E-state index contributed by atoms with van der Waals surface area (Å²) in [5.41, 5.74) is 0.441. The van der Waals surface area contributed by atoms with Crippen molar-refractivity contribution in [1.82, 2.24) is 0 Å². The summed E-state index contributed by atoms with van der Waals surface area (Å²) >= 11 is 9.01. The minimum Gasteiger partial charge on any atom is -0.495 e. The number of methoxy groups -OCH3 is 1. The Morgan fingerprint density at radius 1 is 1.62 bits per heavy atom. The molecule has 0 fully saturated rings. The van der Waals surface area contributed by atoms with Crippen LogP contribution in [0.25, 0.3) is 0 Å². The molecule has 0 aliphatic heterocycles. The van der Waals surface area contributed by atoms with E-state index in [1.165, 1.54) is 13.2 Å². The quantitative estimate of drug-likeness (QED) is 0.607. The predicted octanol–water partition coefficient (Wildman–Crippen LogP) is 3.08. The molecule has 0 radical (unpaired) electrons. The third-order valence-electron chi connectivity index (χ3n) is 1.39. The van der Waals surface area contributed by atoms with Gasteiger partial charge in [0.2, 0.25) is 6.08 Å². The first-order chi connectivity index (χ1) is 6.19. The number of nitrogens with zero attached hydrogens (tertiary/aromatic N) is 1. The number of carbonyl (C=O) groups excluding carboxylic acids is 1. The van der Waals surface area contributed by atoms with Crippen molar-refractivity contribution in [3.63, 3.8) is 0 Å². The van der Waals surface area contributed by atoms with Crippen LogP contribution in [0.4, 0.5) is 5.69 Å². The van der Waals surface area contributed by atoms with E-state index in [-0.39, 0.29) is 0 Å². The molecule has 13 heavy (non-hydrogen) atoms. The fourth-order valence-corrected chi connectivity index (χ4v) is 1.61. The molecule has 0 atom stereocenters. The third-order valence-corrected chi connectivity index (χ3v) is 2.32. The summed E-state index contributed by atoms with van der Waals surface area (Å²) in [5, 5.41) is 0.458. The number of benzene rings is 1. The van der Waals surface area contributed by atoms with E-state index in [0.717, 1.165) is 0 Å². The first-order valence-corrected chi connectivity index (χ1v) is 4.47. The molecule has 0 bridgehead atoms. The molecule has 0 spiro atoms. The van der Waals surface area contributed by atoms with Gasteiger partial charge in [0.1, 0.15) is 5.75 Å². The molecule has 0 aromatic heterocycles. The van der Waals surface area contributed by atoms with Crippen LogP contribution in [-0.4, -0.2) is 13.2 Å². The monoisotopic (exact) mass is 261 g/mol. The number of rotatable bonds is 2. The van der Waals surface area contributed by atoms with E-state index in [2.05, 4.69) is 20.9 Å². The van der Waals surface area contributed by atoms with Gasteiger partial charge in [0.05, 0.1) is 17.8 Å². The van der Waals surface area contributed by atoms with Gasteiger partial charge in [0.25, 0.3) is 0 Å². The van der Waals surface area contributed by atoms with Crippen LogP contribution in [0.1, 0.15) is 0 Å². The van der Waals surface area contributed by atoms with Crippen LogP contribution in [0, 0.1) is 0 Å². The highest BCUT2D eigenvalue weighted by Crippen LogP contribution is 2.35. The molecule has 3 nitrogen and oxygen atoms in total. The molecular weight excluding hydrogens is 257 g/mol. The first-order valence-electron chi connectivity index (χ1n) is 3.30. The number of isocyanates is 1. The second-order valence-corrected chi connectivity index (χ2v) is 3.40. The smallest absolute Gasteiger partial charge is 0.240 e. The maximum absolute atomic E-state index is 10.0. The summed E-state index contributed by atoms with van der Waals surface area (Å²) in [6.45, 7) is 0. The van der Waals surface area contributed by atoms with Gasteiger partial charge in [-0.25, -0.2) is 4.79 Å². The molecule has 0 unspecified atom stereocenters. The largest absolute Gasteiger partial charge is 0.495 e. The zero-order chi connectivity index (χ0) is 9.84. The maximum atomic E-state index is 10.0. The van der Waals surface area contributed by atoms with Gasteiger partial charge in [0.15, 0.2) is 0 Å². The highest BCUT2D eigenvalue weighted by Gasteiger charge is 2.06. The van der Waals surface area contributed by atoms with Gasteiger partial charge in [-0.3, -0.25) is 0 Å². The van der Waals surface area contributed by atoms with Crippen LogP contribution in [0.15, 0.2) is 21.6 Å². The van der Waals surface area contributed by atoms with Crippen LogP contribution >= 0.6 is 27.5 Å². The van der Waals surface area contributed by atoms with Gasteiger partial charge in [-0.2, -0.15) is 4.99 Å². The SMILES string of the molecule is COc1cc(N=C=O)c(Br)cc1Cl. The second kappa shape index (κ2) is 4.42. The molecule has 0 saturated carbocycles. The van der Waals surface area contributed by atoms with Crippen LogP contribution in [0.2, 0.25) is 5.02 Å². The number of halogens is 2. The molecule has 0 N–H and O–H groups in total. The first kappa shape index (κ1) is 10.3. The van der Waals surface area contributed by atoms with E-state index >= 15 is 0 Å². The summed E-state index contributed by atoms with van der Waals surface area (Å²) < 4.78 is 5.57. The molecule has 0 aliphatic rings. The summed E-state index contributed by atoms with van der Waals surface area (Å²) in [4.78, 5) is 13.5. The normalized spacial score (nSPS) is 9.15. The highest BCUT2D eigenvalue weighted by molar-refractivity contribution is 9.10. The fourth-order valence-electron chi connectivity index (χ4n) is 0.810. The Morgan fingerprint density at radius 3 is 2.85 bits per heavy atom. The lowest BCUT2D eigenvalue weighted by molar-refractivity contribution is 0.415. The van der Waals surface area contributed by atoms with Crippen molar-refractivity contribution in [3.8, 4) is 5.75 Å². The topological polar surface area (TPSA) is 38.7 Å². The molecule has 1 rings (SSSR count). The molecule has 1 aromatic carbocycles. The van der Waals surface area contributed by atoms with E-state index in [4.69, 9.17) is 16.3 Å². The number of aliphatic imine (C=N–C) groups is 1. The van der Waals surface area contributed by atoms with Crippen molar-refractivity contribution >= 4 is 39.3 Å². The van der Waals surface area contributed by atoms with Crippen LogP contribution in [0.5, 0.6) is 5.75 Å². The number of hydrogen-bond acceptors (Lipinski definition) is 3. The Hall–Kier alpha value is -0.830. The minimum atomic E-state index is 0.441. The van der Waals surface area contributed by atoms with Crippen molar-refractivity contribution < 1.29 is 9.53 Å². The Morgan fingerprint density at radius 2 is 2.31 bits per heavy atom. The lowest BCUT2D eigenvalue weighted by atomic mass is 10.3. The number of hydrogen-bond donors (Lipinski definition) is 0. The Kier molecular flexibility index (Phi) is 3.48. The van der Waals surface area contributed by atoms with E-state index in [9.17, 15) is 4.79 Å². The zero-order valence-electron chi connectivity index (χ0n) is 6.67. The molecular formula is C8H5BrClNO2. The van der Waals surface area contributed by atoms with Crippen molar-refractivity contribution in [1.29, 1.82) is 0 Å². The fraction of sp³-hybridized carbons (Fsp3) is 0.125. The van der Waals surface area contributed by atoms with Gasteiger partial charge in [-0.15, -0.1) is 0 Å². The van der Waals surface area contributed by atoms with E-state index in [1.807, 2.05) is 0 Å². The Balaban J connectivity index is 3.29. The standard InChI is InChI=1S/C8H5BrClNO2/c1-13-8-3-7(11-4-12)5(9)2-6(8)10/h2-3H,1H3. The molecule has 0 amide bonds. The second-order valence-electron chi connectivity index (χ2n) is 2.14. The maximum Gasteiger partial charge on any atom is 0.240 e. The third kappa shape index (κ3) is 2.31. The van der Waals surface area contributed by atoms with Crippen molar-refractivity contribution in [2.75, 3.05) is 7.11 Å². The van der Waals surface area contributed by atoms with Crippen molar-refractivity contribution in [2.24, 2.45) is 4.99 Å². The lowest BCUT2D eigenvalue weighted by Crippen LogP contribution is -1.83. The molecule has 68 valence electrons. The van der Waals surface area contributed by atoms with Crippen molar-refractivity contribution in [2.45, 2.75) is 0 Å². The summed E-state index contributed by atoms with van der Waals surface area (Å²) in [6, 6.07) is 3.16. The Labute approximate surface area is 88.5 Å². The summed E-state index contributed by atoms with van der Waals surface area (Å²) in [7, 11) is 1.49. The average molecular weight is 262 g/mol. The van der Waals surface area contributed by atoms with Gasteiger partial charge in [-0.05, 0) is 22.0 Å². The highest BCUT2D eigenvalue weighted by atomic mass is 79.9. The zero-order valence-corrected chi connectivity index (χ0v) is 9.02. The lowest BCUT2D eigenvalue weighted by Gasteiger charge is -2.04. The van der Waals surface area contributed by atoms with Gasteiger partial charge in [-0.1, -0.05) is 11.6 Å². The molecule has 0 heterocycles. The summed E-state index contributed by atoms with van der Waals surface area (Å²) in [6.07, 6.45) is 1.44. The van der Waals surface area contributed by atoms with E-state index < -0.39 is 0 Å². The van der Waals surface area contributed by atoms with Crippen LogP contribution in [0.3, 0.4) is 0 Å². The molecule has 5 heteroatoms. The molecule has 0 saturated heterocycles. The number of ether oxygens (including phenoxy) is 1. The summed E-state index contributed by atoms with van der Waals surface area (Å²) in [5.74, 6) is 0.471. The van der Waals surface area contributed by atoms with Gasteiger partial charge >= 0.3 is 0 Å². The van der Waals surface area contributed by atoms with E-state index in [1.54, 1.807) is 12.1 Å². The minimum absolute atomic E-state index is 0.441. The van der Waals surface area contributed by atoms with Crippen LogP contribution < -0.4 is 4.74 Å². The van der Waals surface area contributed by atoms with Crippen LogP contribution in [-0.2, 0) is 4.79 Å². The predicted molar refractivity (Wildman–Crippen MR) is 53.5 cm³/mol. The average Bonchev–Trinajstić information content (AvgIpc) is 2.10. The van der Waals surface area contributed by atoms with Crippen molar-refractivity contribution in [3.05, 3.63) is 21.6 Å².